The number of halogens is 2. The summed E-state index contributed by atoms with van der Waals surface area (Å²) in [4.78, 5) is 1.31. The number of rotatable bonds is 4. The Hall–Kier alpha value is -0.710. The van der Waals surface area contributed by atoms with Crippen molar-refractivity contribution in [2.24, 2.45) is 0 Å². The van der Waals surface area contributed by atoms with Crippen molar-refractivity contribution >= 4 is 27.3 Å². The molecule has 0 unspecified atom stereocenters. The molecule has 1 aromatic heterocycles. The normalized spacial score (nSPS) is 12.6. The highest BCUT2D eigenvalue weighted by Gasteiger charge is 2.06. The first-order valence-corrected chi connectivity index (χ1v) is 7.05. The lowest BCUT2D eigenvalue weighted by Crippen LogP contribution is -2.17. The third-order valence-electron chi connectivity index (χ3n) is 2.57. The lowest BCUT2D eigenvalue weighted by molar-refractivity contribution is 0.579. The van der Waals surface area contributed by atoms with Gasteiger partial charge in [0.05, 0.1) is 4.47 Å². The van der Waals surface area contributed by atoms with E-state index in [4.69, 9.17) is 0 Å². The van der Waals surface area contributed by atoms with E-state index in [1.165, 1.54) is 10.9 Å². The highest BCUT2D eigenvalue weighted by atomic mass is 79.9. The van der Waals surface area contributed by atoms with Crippen LogP contribution in [0.25, 0.3) is 0 Å². The molecule has 0 bridgehead atoms. The van der Waals surface area contributed by atoms with E-state index < -0.39 is 0 Å². The van der Waals surface area contributed by atoms with Gasteiger partial charge in [0.15, 0.2) is 0 Å². The van der Waals surface area contributed by atoms with Gasteiger partial charge in [-0.25, -0.2) is 4.39 Å². The Morgan fingerprint density at radius 1 is 1.41 bits per heavy atom. The van der Waals surface area contributed by atoms with Crippen molar-refractivity contribution in [1.82, 2.24) is 5.32 Å². The summed E-state index contributed by atoms with van der Waals surface area (Å²) in [5.41, 5.74) is 1.07. The molecule has 0 fully saturated rings. The van der Waals surface area contributed by atoms with Gasteiger partial charge in [0.25, 0.3) is 0 Å². The van der Waals surface area contributed by atoms with E-state index in [0.29, 0.717) is 10.5 Å². The van der Waals surface area contributed by atoms with Crippen LogP contribution in [-0.2, 0) is 6.54 Å². The van der Waals surface area contributed by atoms with Crippen molar-refractivity contribution in [3.05, 3.63) is 56.4 Å². The molecule has 1 aromatic carbocycles. The molecule has 0 aliphatic heterocycles. The van der Waals surface area contributed by atoms with Crippen LogP contribution in [0.2, 0.25) is 0 Å². The van der Waals surface area contributed by atoms with Crippen molar-refractivity contribution in [3.63, 3.8) is 0 Å². The van der Waals surface area contributed by atoms with Gasteiger partial charge in [-0.15, -0.1) is 11.3 Å². The number of benzene rings is 1. The Morgan fingerprint density at radius 3 is 2.88 bits per heavy atom. The summed E-state index contributed by atoms with van der Waals surface area (Å²) < 4.78 is 13.6. The molecule has 2 rings (SSSR count). The van der Waals surface area contributed by atoms with Crippen LogP contribution in [0.1, 0.15) is 23.4 Å². The number of nitrogens with one attached hydrogen (secondary N) is 1. The summed E-state index contributed by atoms with van der Waals surface area (Å²) in [5, 5.41) is 5.49. The smallest absolute Gasteiger partial charge is 0.137 e. The van der Waals surface area contributed by atoms with Crippen LogP contribution < -0.4 is 5.32 Å². The Morgan fingerprint density at radius 2 is 2.24 bits per heavy atom. The Labute approximate surface area is 113 Å². The molecule has 17 heavy (non-hydrogen) atoms. The molecule has 4 heteroatoms. The lowest BCUT2D eigenvalue weighted by Gasteiger charge is -2.12. The zero-order valence-electron chi connectivity index (χ0n) is 9.41. The van der Waals surface area contributed by atoms with E-state index in [1.54, 1.807) is 17.4 Å². The van der Waals surface area contributed by atoms with Gasteiger partial charge in [-0.05, 0) is 52.0 Å². The standard InChI is InChI=1S/C13H13BrFNS/c1-9(13-3-2-6-17-13)16-8-10-4-5-12(15)11(14)7-10/h2-7,9,16H,8H2,1H3/t9-/m0/s1. The van der Waals surface area contributed by atoms with Crippen LogP contribution in [0.5, 0.6) is 0 Å². The quantitative estimate of drug-likeness (QED) is 0.876. The topological polar surface area (TPSA) is 12.0 Å². The van der Waals surface area contributed by atoms with Gasteiger partial charge in [-0.2, -0.15) is 0 Å². The van der Waals surface area contributed by atoms with Crippen LogP contribution in [0.15, 0.2) is 40.2 Å². The van der Waals surface area contributed by atoms with Crippen LogP contribution in [-0.4, -0.2) is 0 Å². The summed E-state index contributed by atoms with van der Waals surface area (Å²) in [6.07, 6.45) is 0. The first-order valence-electron chi connectivity index (χ1n) is 5.37. The van der Waals surface area contributed by atoms with Crippen LogP contribution in [0.4, 0.5) is 4.39 Å². The summed E-state index contributed by atoms with van der Waals surface area (Å²) >= 11 is 4.93. The monoisotopic (exact) mass is 313 g/mol. The average molecular weight is 314 g/mol. The van der Waals surface area contributed by atoms with Gasteiger partial charge in [0.1, 0.15) is 5.82 Å². The molecule has 1 atom stereocenters. The Kier molecular flexibility index (Phi) is 4.31. The molecule has 1 nitrogen and oxygen atoms in total. The minimum Gasteiger partial charge on any atom is -0.305 e. The third kappa shape index (κ3) is 3.37. The van der Waals surface area contributed by atoms with Gasteiger partial charge >= 0.3 is 0 Å². The minimum absolute atomic E-state index is 0.222. The first-order chi connectivity index (χ1) is 8.16. The maximum Gasteiger partial charge on any atom is 0.137 e. The molecule has 0 aliphatic carbocycles. The van der Waals surface area contributed by atoms with E-state index in [-0.39, 0.29) is 5.82 Å². The van der Waals surface area contributed by atoms with Gasteiger partial charge in [0, 0.05) is 17.5 Å². The van der Waals surface area contributed by atoms with Crippen LogP contribution >= 0.6 is 27.3 Å². The van der Waals surface area contributed by atoms with E-state index in [1.807, 2.05) is 12.1 Å². The molecule has 1 heterocycles. The molecule has 2 aromatic rings. The molecule has 90 valence electrons. The summed E-state index contributed by atoms with van der Waals surface area (Å²) in [5.74, 6) is -0.222. The van der Waals surface area contributed by atoms with Crippen molar-refractivity contribution in [1.29, 1.82) is 0 Å². The Balaban J connectivity index is 1.96. The molecule has 0 aliphatic rings. The highest BCUT2D eigenvalue weighted by Crippen LogP contribution is 2.20. The second kappa shape index (κ2) is 5.76. The zero-order valence-corrected chi connectivity index (χ0v) is 11.8. The fourth-order valence-electron chi connectivity index (χ4n) is 1.56. The van der Waals surface area contributed by atoms with E-state index in [2.05, 4.69) is 39.6 Å². The van der Waals surface area contributed by atoms with Crippen molar-refractivity contribution in [3.8, 4) is 0 Å². The summed E-state index contributed by atoms with van der Waals surface area (Å²) in [6, 6.07) is 9.57. The molecule has 0 spiro atoms. The molecular weight excluding hydrogens is 301 g/mol. The molecule has 0 saturated carbocycles. The number of hydrogen-bond acceptors (Lipinski definition) is 2. The van der Waals surface area contributed by atoms with E-state index in [9.17, 15) is 4.39 Å². The SMILES string of the molecule is C[C@H](NCc1ccc(F)c(Br)c1)c1cccs1. The fourth-order valence-corrected chi connectivity index (χ4v) is 2.74. The van der Waals surface area contributed by atoms with Gasteiger partial charge in [-0.3, -0.25) is 0 Å². The first kappa shape index (κ1) is 12.7. The predicted octanol–water partition coefficient (Wildman–Crippen LogP) is 4.50. The third-order valence-corrected chi connectivity index (χ3v) is 4.23. The number of hydrogen-bond donors (Lipinski definition) is 1. The van der Waals surface area contributed by atoms with Crippen molar-refractivity contribution in [2.45, 2.75) is 19.5 Å². The highest BCUT2D eigenvalue weighted by molar-refractivity contribution is 9.10. The zero-order chi connectivity index (χ0) is 12.3. The maximum atomic E-state index is 13.1. The number of thiophene rings is 1. The van der Waals surface area contributed by atoms with Crippen molar-refractivity contribution in [2.75, 3.05) is 0 Å². The predicted molar refractivity (Wildman–Crippen MR) is 73.7 cm³/mol. The van der Waals surface area contributed by atoms with Gasteiger partial charge in [0.2, 0.25) is 0 Å². The van der Waals surface area contributed by atoms with E-state index in [0.717, 1.165) is 12.1 Å². The van der Waals surface area contributed by atoms with Crippen molar-refractivity contribution < 1.29 is 4.39 Å². The van der Waals surface area contributed by atoms with Gasteiger partial charge in [-0.1, -0.05) is 12.1 Å². The van der Waals surface area contributed by atoms with E-state index >= 15 is 0 Å². The second-order valence-electron chi connectivity index (χ2n) is 3.87. The minimum atomic E-state index is -0.222. The largest absolute Gasteiger partial charge is 0.305 e. The molecule has 0 saturated heterocycles. The van der Waals surface area contributed by atoms with Crippen LogP contribution in [0.3, 0.4) is 0 Å². The van der Waals surface area contributed by atoms with Gasteiger partial charge < -0.3 is 5.32 Å². The lowest BCUT2D eigenvalue weighted by atomic mass is 10.2. The molecule has 1 N–H and O–H groups in total. The Bertz CT molecular complexity index is 484. The maximum absolute atomic E-state index is 13.1. The summed E-state index contributed by atoms with van der Waals surface area (Å²) in [7, 11) is 0. The molecule has 0 amide bonds. The fraction of sp³-hybridized carbons (Fsp3) is 0.231. The molecule has 0 radical (unpaired) electrons. The molecular formula is C13H13BrFNS. The second-order valence-corrected chi connectivity index (χ2v) is 5.70. The average Bonchev–Trinajstić information content (AvgIpc) is 2.84. The summed E-state index contributed by atoms with van der Waals surface area (Å²) in [6.45, 7) is 2.86. The van der Waals surface area contributed by atoms with Crippen LogP contribution in [0, 0.1) is 5.82 Å².